The molecule has 1 amide bonds. The standard InChI is InChI=1S/C10H19NO4/c1-10(2,3)15-9(13)11(4)7-5-14-6-8(7)12/h7-8,12H,5-6H2,1-4H3/t7-,8-/m1/s1. The fourth-order valence-electron chi connectivity index (χ4n) is 1.37. The number of ether oxygens (including phenoxy) is 2. The van der Waals surface area contributed by atoms with Crippen molar-refractivity contribution in [1.82, 2.24) is 4.90 Å². The van der Waals surface area contributed by atoms with Gasteiger partial charge in [0.2, 0.25) is 0 Å². The van der Waals surface area contributed by atoms with Crippen molar-refractivity contribution >= 4 is 6.09 Å². The summed E-state index contributed by atoms with van der Waals surface area (Å²) in [4.78, 5) is 13.0. The van der Waals surface area contributed by atoms with E-state index in [4.69, 9.17) is 9.47 Å². The van der Waals surface area contributed by atoms with Crippen molar-refractivity contribution < 1.29 is 19.4 Å². The third-order valence-corrected chi connectivity index (χ3v) is 2.20. The van der Waals surface area contributed by atoms with Gasteiger partial charge in [-0.15, -0.1) is 0 Å². The largest absolute Gasteiger partial charge is 0.444 e. The third-order valence-electron chi connectivity index (χ3n) is 2.20. The lowest BCUT2D eigenvalue weighted by atomic mass is 10.2. The van der Waals surface area contributed by atoms with Crippen LogP contribution in [0, 0.1) is 0 Å². The number of carbonyl (C=O) groups excluding carboxylic acids is 1. The minimum absolute atomic E-state index is 0.276. The molecule has 0 bridgehead atoms. The molecule has 2 atom stereocenters. The van der Waals surface area contributed by atoms with Crippen LogP contribution in [0.1, 0.15) is 20.8 Å². The summed E-state index contributed by atoms with van der Waals surface area (Å²) >= 11 is 0. The molecule has 5 nitrogen and oxygen atoms in total. The number of aliphatic hydroxyl groups is 1. The molecule has 1 aliphatic heterocycles. The number of carbonyl (C=O) groups is 1. The summed E-state index contributed by atoms with van der Waals surface area (Å²) < 4.78 is 10.3. The number of rotatable bonds is 1. The van der Waals surface area contributed by atoms with Gasteiger partial charge in [0.25, 0.3) is 0 Å². The highest BCUT2D eigenvalue weighted by molar-refractivity contribution is 5.68. The van der Waals surface area contributed by atoms with Crippen LogP contribution >= 0.6 is 0 Å². The number of nitrogens with zero attached hydrogens (tertiary/aromatic N) is 1. The van der Waals surface area contributed by atoms with E-state index >= 15 is 0 Å². The monoisotopic (exact) mass is 217 g/mol. The predicted octanol–water partition coefficient (Wildman–Crippen LogP) is 0.613. The molecule has 0 aromatic rings. The lowest BCUT2D eigenvalue weighted by molar-refractivity contribution is 0.0110. The maximum atomic E-state index is 11.6. The molecule has 15 heavy (non-hydrogen) atoms. The van der Waals surface area contributed by atoms with E-state index in [1.807, 2.05) is 0 Å². The van der Waals surface area contributed by atoms with E-state index in [0.29, 0.717) is 6.61 Å². The number of hydrogen-bond donors (Lipinski definition) is 1. The highest BCUT2D eigenvalue weighted by Crippen LogP contribution is 2.15. The van der Waals surface area contributed by atoms with E-state index in [-0.39, 0.29) is 12.6 Å². The zero-order valence-corrected chi connectivity index (χ0v) is 9.69. The van der Waals surface area contributed by atoms with Crippen molar-refractivity contribution in [2.24, 2.45) is 0 Å². The Morgan fingerprint density at radius 1 is 1.47 bits per heavy atom. The summed E-state index contributed by atoms with van der Waals surface area (Å²) in [5, 5.41) is 9.53. The van der Waals surface area contributed by atoms with Crippen LogP contribution in [-0.2, 0) is 9.47 Å². The van der Waals surface area contributed by atoms with Gasteiger partial charge in [-0.25, -0.2) is 4.79 Å². The highest BCUT2D eigenvalue weighted by atomic mass is 16.6. The summed E-state index contributed by atoms with van der Waals surface area (Å²) in [7, 11) is 1.61. The van der Waals surface area contributed by atoms with Gasteiger partial charge in [0.05, 0.1) is 19.3 Å². The molecule has 0 aromatic heterocycles. The van der Waals surface area contributed by atoms with E-state index < -0.39 is 17.8 Å². The molecule has 5 heteroatoms. The first kappa shape index (κ1) is 12.3. The topological polar surface area (TPSA) is 59.0 Å². The molecule has 0 unspecified atom stereocenters. The first-order chi connectivity index (χ1) is 6.81. The summed E-state index contributed by atoms with van der Waals surface area (Å²) in [6.07, 6.45) is -1.06. The van der Waals surface area contributed by atoms with Gasteiger partial charge in [-0.1, -0.05) is 0 Å². The Balaban J connectivity index is 2.52. The van der Waals surface area contributed by atoms with Crippen molar-refractivity contribution in [3.8, 4) is 0 Å². The smallest absolute Gasteiger partial charge is 0.410 e. The number of amides is 1. The Morgan fingerprint density at radius 3 is 2.47 bits per heavy atom. The molecule has 0 aliphatic carbocycles. The van der Waals surface area contributed by atoms with Gasteiger partial charge >= 0.3 is 6.09 Å². The van der Waals surface area contributed by atoms with Crippen LogP contribution in [-0.4, -0.2) is 54.1 Å². The molecular weight excluding hydrogens is 198 g/mol. The number of aliphatic hydroxyl groups excluding tert-OH is 1. The van der Waals surface area contributed by atoms with Crippen LogP contribution in [0.5, 0.6) is 0 Å². The normalized spacial score (nSPS) is 26.5. The molecular formula is C10H19NO4. The molecule has 1 saturated heterocycles. The van der Waals surface area contributed by atoms with E-state index in [1.54, 1.807) is 27.8 Å². The fraction of sp³-hybridized carbons (Fsp3) is 0.900. The van der Waals surface area contributed by atoms with Crippen molar-refractivity contribution in [2.45, 2.75) is 38.5 Å². The Morgan fingerprint density at radius 2 is 2.07 bits per heavy atom. The van der Waals surface area contributed by atoms with Crippen LogP contribution in [0.25, 0.3) is 0 Å². The number of hydrogen-bond acceptors (Lipinski definition) is 4. The molecule has 1 aliphatic rings. The van der Waals surface area contributed by atoms with Gasteiger partial charge in [-0.05, 0) is 20.8 Å². The summed E-state index contributed by atoms with van der Waals surface area (Å²) in [6.45, 7) is 6.05. The average molecular weight is 217 g/mol. The maximum absolute atomic E-state index is 11.6. The van der Waals surface area contributed by atoms with Gasteiger partial charge < -0.3 is 19.5 Å². The first-order valence-corrected chi connectivity index (χ1v) is 5.03. The van der Waals surface area contributed by atoms with Crippen LogP contribution in [0.3, 0.4) is 0 Å². The minimum Gasteiger partial charge on any atom is -0.444 e. The predicted molar refractivity (Wildman–Crippen MR) is 54.6 cm³/mol. The highest BCUT2D eigenvalue weighted by Gasteiger charge is 2.34. The van der Waals surface area contributed by atoms with Crippen LogP contribution in [0.4, 0.5) is 4.79 Å². The summed E-state index contributed by atoms with van der Waals surface area (Å²) in [6, 6.07) is -0.306. The molecule has 1 fully saturated rings. The SMILES string of the molecule is CN(C(=O)OC(C)(C)C)[C@@H]1COC[C@H]1O. The van der Waals surface area contributed by atoms with Gasteiger partial charge in [-0.2, -0.15) is 0 Å². The molecule has 0 radical (unpaired) electrons. The Bertz CT molecular complexity index is 236. The summed E-state index contributed by atoms with van der Waals surface area (Å²) in [5.41, 5.74) is -0.518. The van der Waals surface area contributed by atoms with E-state index in [9.17, 15) is 9.90 Å². The van der Waals surface area contributed by atoms with Crippen molar-refractivity contribution in [2.75, 3.05) is 20.3 Å². The lowest BCUT2D eigenvalue weighted by Gasteiger charge is -2.29. The Labute approximate surface area is 90.0 Å². The van der Waals surface area contributed by atoms with Crippen LogP contribution < -0.4 is 0 Å². The molecule has 0 spiro atoms. The van der Waals surface area contributed by atoms with Crippen molar-refractivity contribution in [1.29, 1.82) is 0 Å². The number of likely N-dealkylation sites (N-methyl/N-ethyl adjacent to an activating group) is 1. The first-order valence-electron chi connectivity index (χ1n) is 5.03. The molecule has 1 rings (SSSR count). The second-order valence-corrected chi connectivity index (χ2v) is 4.76. The van der Waals surface area contributed by atoms with E-state index in [2.05, 4.69) is 0 Å². The minimum atomic E-state index is -0.623. The van der Waals surface area contributed by atoms with Crippen molar-refractivity contribution in [3.63, 3.8) is 0 Å². The summed E-state index contributed by atoms with van der Waals surface area (Å²) in [5.74, 6) is 0. The lowest BCUT2D eigenvalue weighted by Crippen LogP contribution is -2.46. The molecule has 1 N–H and O–H groups in total. The van der Waals surface area contributed by atoms with Crippen LogP contribution in [0.15, 0.2) is 0 Å². The fourth-order valence-corrected chi connectivity index (χ4v) is 1.37. The second kappa shape index (κ2) is 4.37. The quantitative estimate of drug-likeness (QED) is 0.699. The zero-order valence-electron chi connectivity index (χ0n) is 9.69. The van der Waals surface area contributed by atoms with Gasteiger partial charge in [0.1, 0.15) is 11.7 Å². The third kappa shape index (κ3) is 3.35. The van der Waals surface area contributed by atoms with Crippen molar-refractivity contribution in [3.05, 3.63) is 0 Å². The van der Waals surface area contributed by atoms with Gasteiger partial charge in [-0.3, -0.25) is 0 Å². The second-order valence-electron chi connectivity index (χ2n) is 4.76. The molecule has 0 saturated carbocycles. The average Bonchev–Trinajstić information content (AvgIpc) is 2.47. The molecule has 1 heterocycles. The van der Waals surface area contributed by atoms with Crippen LogP contribution in [0.2, 0.25) is 0 Å². The molecule has 88 valence electrons. The molecule has 0 aromatic carbocycles. The van der Waals surface area contributed by atoms with E-state index in [0.717, 1.165) is 0 Å². The van der Waals surface area contributed by atoms with E-state index in [1.165, 1.54) is 4.90 Å². The van der Waals surface area contributed by atoms with Gasteiger partial charge in [0.15, 0.2) is 0 Å². The van der Waals surface area contributed by atoms with Gasteiger partial charge in [0, 0.05) is 7.05 Å². The maximum Gasteiger partial charge on any atom is 0.410 e. The Kier molecular flexibility index (Phi) is 3.57. The Hall–Kier alpha value is -0.810. The zero-order chi connectivity index (χ0) is 11.6.